The van der Waals surface area contributed by atoms with Crippen molar-refractivity contribution in [1.29, 1.82) is 0 Å². The van der Waals surface area contributed by atoms with Gasteiger partial charge in [0.15, 0.2) is 0 Å². The van der Waals surface area contributed by atoms with Crippen molar-refractivity contribution in [3.8, 4) is 11.3 Å². The average molecular weight is 544 g/mol. The van der Waals surface area contributed by atoms with Crippen LogP contribution < -0.4 is 4.80 Å². The van der Waals surface area contributed by atoms with E-state index in [0.717, 1.165) is 27.7 Å². The SMILES string of the molecule is O=S(=O)(c1ccc(N=c2scc(-c3ccccc3)n2N=Cc2c[nH]c3ccccc23)cc1)N1CCOCC1. The van der Waals surface area contributed by atoms with Crippen LogP contribution in [0.15, 0.2) is 105 Å². The molecule has 1 aliphatic rings. The van der Waals surface area contributed by atoms with Gasteiger partial charge in [-0.3, -0.25) is 0 Å². The smallest absolute Gasteiger partial charge is 0.243 e. The molecule has 0 unspecified atom stereocenters. The maximum absolute atomic E-state index is 13.0. The predicted octanol–water partition coefficient (Wildman–Crippen LogP) is 4.83. The van der Waals surface area contributed by atoms with Crippen LogP contribution in [0.4, 0.5) is 5.69 Å². The summed E-state index contributed by atoms with van der Waals surface area (Å²) in [4.78, 5) is 9.02. The molecule has 2 aromatic heterocycles. The lowest BCUT2D eigenvalue weighted by molar-refractivity contribution is 0.0730. The first-order chi connectivity index (χ1) is 18.6. The standard InChI is InChI=1S/C28H25N5O3S2/c34-38(35,32-14-16-36-17-15-32)24-12-10-23(11-13-24)31-28-33(27(20-37-28)21-6-2-1-3-7-21)30-19-22-18-29-26-9-5-4-8-25(22)26/h1-13,18-20,29H,14-17H2. The molecule has 0 radical (unpaired) electrons. The van der Waals surface area contributed by atoms with Gasteiger partial charge in [0.1, 0.15) is 0 Å². The van der Waals surface area contributed by atoms with Crippen LogP contribution in [0.25, 0.3) is 22.2 Å². The molecule has 0 bridgehead atoms. The lowest BCUT2D eigenvalue weighted by Crippen LogP contribution is -2.40. The van der Waals surface area contributed by atoms with Gasteiger partial charge in [0.25, 0.3) is 0 Å². The van der Waals surface area contributed by atoms with Crippen LogP contribution in [-0.2, 0) is 14.8 Å². The molecular formula is C28H25N5O3S2. The fraction of sp³-hybridized carbons (Fsp3) is 0.143. The van der Waals surface area contributed by atoms with Crippen LogP contribution in [0.2, 0.25) is 0 Å². The number of rotatable bonds is 6. The highest BCUT2D eigenvalue weighted by Crippen LogP contribution is 2.23. The molecule has 5 aromatic rings. The molecule has 8 nitrogen and oxygen atoms in total. The first-order valence-electron chi connectivity index (χ1n) is 12.2. The Labute approximate surface area is 224 Å². The van der Waals surface area contributed by atoms with E-state index >= 15 is 0 Å². The number of morpholine rings is 1. The minimum Gasteiger partial charge on any atom is -0.379 e. The Balaban J connectivity index is 1.38. The highest BCUT2D eigenvalue weighted by Gasteiger charge is 2.26. The number of thiazole rings is 1. The number of sulfonamides is 1. The number of hydrogen-bond acceptors (Lipinski definition) is 6. The van der Waals surface area contributed by atoms with Gasteiger partial charge in [-0.15, -0.1) is 11.3 Å². The normalized spacial score (nSPS) is 15.5. The molecule has 10 heteroatoms. The fourth-order valence-electron chi connectivity index (χ4n) is 4.36. The maximum atomic E-state index is 13.0. The molecule has 1 N–H and O–H groups in total. The lowest BCUT2D eigenvalue weighted by atomic mass is 10.2. The van der Waals surface area contributed by atoms with Gasteiger partial charge < -0.3 is 9.72 Å². The summed E-state index contributed by atoms with van der Waals surface area (Å²) in [5.41, 5.74) is 4.60. The molecule has 0 amide bonds. The monoisotopic (exact) mass is 543 g/mol. The molecule has 1 saturated heterocycles. The molecule has 1 aliphatic heterocycles. The van der Waals surface area contributed by atoms with Crippen LogP contribution in [0.1, 0.15) is 5.56 Å². The minimum atomic E-state index is -3.56. The van der Waals surface area contributed by atoms with Crippen molar-refractivity contribution in [3.05, 3.63) is 101 Å². The largest absolute Gasteiger partial charge is 0.379 e. The summed E-state index contributed by atoms with van der Waals surface area (Å²) in [6.07, 6.45) is 3.77. The number of aromatic amines is 1. The van der Waals surface area contributed by atoms with Crippen molar-refractivity contribution >= 4 is 44.2 Å². The van der Waals surface area contributed by atoms with Crippen LogP contribution >= 0.6 is 11.3 Å². The Kier molecular flexibility index (Phi) is 6.77. The molecule has 0 atom stereocenters. The number of ether oxygens (including phenoxy) is 1. The van der Waals surface area contributed by atoms with Crippen molar-refractivity contribution in [2.24, 2.45) is 10.1 Å². The van der Waals surface area contributed by atoms with Crippen molar-refractivity contribution < 1.29 is 13.2 Å². The van der Waals surface area contributed by atoms with E-state index in [-0.39, 0.29) is 4.90 Å². The molecule has 192 valence electrons. The summed E-state index contributed by atoms with van der Waals surface area (Å²) in [6.45, 7) is 1.54. The number of para-hydroxylation sites is 1. The highest BCUT2D eigenvalue weighted by molar-refractivity contribution is 7.89. The van der Waals surface area contributed by atoms with E-state index in [2.05, 4.69) is 11.1 Å². The van der Waals surface area contributed by atoms with Crippen LogP contribution in [0, 0.1) is 0 Å². The van der Waals surface area contributed by atoms with Gasteiger partial charge in [0, 0.05) is 46.7 Å². The molecule has 6 rings (SSSR count). The Hall–Kier alpha value is -3.83. The third kappa shape index (κ3) is 4.86. The second-order valence-corrected chi connectivity index (χ2v) is 11.5. The lowest BCUT2D eigenvalue weighted by Gasteiger charge is -2.26. The van der Waals surface area contributed by atoms with Gasteiger partial charge in [-0.2, -0.15) is 9.41 Å². The molecule has 3 aromatic carbocycles. The highest BCUT2D eigenvalue weighted by atomic mass is 32.2. The summed E-state index contributed by atoms with van der Waals surface area (Å²) in [5, 5.41) is 7.94. The molecule has 0 aliphatic carbocycles. The average Bonchev–Trinajstić information content (AvgIpc) is 3.57. The van der Waals surface area contributed by atoms with Gasteiger partial charge in [-0.25, -0.2) is 18.1 Å². The summed E-state index contributed by atoms with van der Waals surface area (Å²) in [5.74, 6) is 0. The number of aromatic nitrogens is 2. The second kappa shape index (κ2) is 10.5. The van der Waals surface area contributed by atoms with Crippen LogP contribution in [-0.4, -0.2) is 54.9 Å². The number of H-pyrrole nitrogens is 1. The quantitative estimate of drug-likeness (QED) is 0.311. The van der Waals surface area contributed by atoms with E-state index in [1.807, 2.05) is 71.0 Å². The zero-order valence-electron chi connectivity index (χ0n) is 20.4. The third-order valence-electron chi connectivity index (χ3n) is 6.36. The zero-order chi connectivity index (χ0) is 26.0. The topological polar surface area (TPSA) is 92.0 Å². The van der Waals surface area contributed by atoms with E-state index in [9.17, 15) is 8.42 Å². The van der Waals surface area contributed by atoms with E-state index < -0.39 is 10.0 Å². The molecule has 0 spiro atoms. The number of nitrogens with zero attached hydrogens (tertiary/aromatic N) is 4. The summed E-state index contributed by atoms with van der Waals surface area (Å²) in [6, 6.07) is 24.8. The number of fused-ring (bicyclic) bond motifs is 1. The first-order valence-corrected chi connectivity index (χ1v) is 14.5. The third-order valence-corrected chi connectivity index (χ3v) is 9.09. The van der Waals surface area contributed by atoms with E-state index in [4.69, 9.17) is 14.8 Å². The molecule has 3 heterocycles. The zero-order valence-corrected chi connectivity index (χ0v) is 22.0. The summed E-state index contributed by atoms with van der Waals surface area (Å²) in [7, 11) is -3.56. The van der Waals surface area contributed by atoms with Gasteiger partial charge in [0.05, 0.1) is 35.7 Å². The summed E-state index contributed by atoms with van der Waals surface area (Å²) < 4.78 is 34.5. The van der Waals surface area contributed by atoms with Gasteiger partial charge >= 0.3 is 0 Å². The molecule has 38 heavy (non-hydrogen) atoms. The predicted molar refractivity (Wildman–Crippen MR) is 150 cm³/mol. The van der Waals surface area contributed by atoms with Crippen molar-refractivity contribution in [3.63, 3.8) is 0 Å². The van der Waals surface area contributed by atoms with Crippen molar-refractivity contribution in [1.82, 2.24) is 14.0 Å². The summed E-state index contributed by atoms with van der Waals surface area (Å²) >= 11 is 1.47. The second-order valence-electron chi connectivity index (χ2n) is 8.74. The minimum absolute atomic E-state index is 0.250. The number of hydrogen-bond donors (Lipinski definition) is 1. The Morgan fingerprint density at radius 2 is 1.66 bits per heavy atom. The van der Waals surface area contributed by atoms with Crippen molar-refractivity contribution in [2.75, 3.05) is 26.3 Å². The maximum Gasteiger partial charge on any atom is 0.243 e. The van der Waals surface area contributed by atoms with E-state index in [1.54, 1.807) is 24.3 Å². The number of nitrogens with one attached hydrogen (secondary N) is 1. The Morgan fingerprint density at radius 3 is 2.45 bits per heavy atom. The first kappa shape index (κ1) is 24.5. The Morgan fingerprint density at radius 1 is 0.921 bits per heavy atom. The Bertz CT molecular complexity index is 1760. The van der Waals surface area contributed by atoms with Gasteiger partial charge in [-0.05, 0) is 30.3 Å². The molecule has 0 saturated carbocycles. The van der Waals surface area contributed by atoms with Gasteiger partial charge in [0.2, 0.25) is 14.8 Å². The van der Waals surface area contributed by atoms with E-state index in [0.29, 0.717) is 36.8 Å². The van der Waals surface area contributed by atoms with Crippen LogP contribution in [0.5, 0.6) is 0 Å². The van der Waals surface area contributed by atoms with E-state index in [1.165, 1.54) is 15.6 Å². The fourth-order valence-corrected chi connectivity index (χ4v) is 6.62. The molecular weight excluding hydrogens is 518 g/mol. The van der Waals surface area contributed by atoms with Gasteiger partial charge in [-0.1, -0.05) is 48.5 Å². The van der Waals surface area contributed by atoms with Crippen molar-refractivity contribution in [2.45, 2.75) is 4.90 Å². The number of benzene rings is 3. The molecule has 1 fully saturated rings. The van der Waals surface area contributed by atoms with Crippen LogP contribution in [0.3, 0.4) is 0 Å².